The summed E-state index contributed by atoms with van der Waals surface area (Å²) in [7, 11) is 1.69. The quantitative estimate of drug-likeness (QED) is 0.830. The van der Waals surface area contributed by atoms with Crippen molar-refractivity contribution in [2.45, 2.75) is 44.2 Å². The van der Waals surface area contributed by atoms with Crippen LogP contribution in [-0.2, 0) is 11.3 Å². The molecular formula is C18H28N6OS. The average Bonchev–Trinajstić information content (AvgIpc) is 3.17. The Balaban J connectivity index is 1.57. The highest BCUT2D eigenvalue weighted by molar-refractivity contribution is 7.99. The second-order valence-corrected chi connectivity index (χ2v) is 8.50. The highest BCUT2D eigenvalue weighted by Gasteiger charge is 2.38. The largest absolute Gasteiger partial charge is 0.378 e. The maximum atomic E-state index is 5.26. The minimum Gasteiger partial charge on any atom is -0.378 e. The molecule has 0 spiro atoms. The molecule has 142 valence electrons. The second kappa shape index (κ2) is 8.10. The van der Waals surface area contributed by atoms with Gasteiger partial charge in [0.05, 0.1) is 12.3 Å². The molecule has 3 heterocycles. The standard InChI is InChI=1S/C18H28N6OS/c1-25-12-15-11-16(24-17(22-15)20-14-21-24)19-13-18(5-3-2-4-6-18)23-7-9-26-10-8-23/h11,14,19H,2-10,12-13H2,1H3. The van der Waals surface area contributed by atoms with Crippen LogP contribution in [0.2, 0.25) is 0 Å². The van der Waals surface area contributed by atoms with Gasteiger partial charge in [0.15, 0.2) is 0 Å². The van der Waals surface area contributed by atoms with E-state index < -0.39 is 0 Å². The third-order valence-electron chi connectivity index (χ3n) is 5.66. The Labute approximate surface area is 158 Å². The molecule has 2 aromatic rings. The van der Waals surface area contributed by atoms with Crippen molar-refractivity contribution in [3.63, 3.8) is 0 Å². The monoisotopic (exact) mass is 376 g/mol. The smallest absolute Gasteiger partial charge is 0.254 e. The highest BCUT2D eigenvalue weighted by Crippen LogP contribution is 2.35. The normalized spacial score (nSPS) is 21.1. The van der Waals surface area contributed by atoms with Gasteiger partial charge in [-0.2, -0.15) is 26.4 Å². The molecule has 2 aromatic heterocycles. The number of nitrogens with one attached hydrogen (secondary N) is 1. The summed E-state index contributed by atoms with van der Waals surface area (Å²) >= 11 is 2.08. The van der Waals surface area contributed by atoms with Gasteiger partial charge < -0.3 is 10.1 Å². The summed E-state index contributed by atoms with van der Waals surface area (Å²) in [5, 5.41) is 8.04. The van der Waals surface area contributed by atoms with E-state index in [1.165, 1.54) is 56.7 Å². The molecule has 0 bridgehead atoms. The maximum absolute atomic E-state index is 5.26. The summed E-state index contributed by atoms with van der Waals surface area (Å²) in [4.78, 5) is 11.5. The number of rotatable bonds is 6. The lowest BCUT2D eigenvalue weighted by molar-refractivity contribution is 0.0705. The summed E-state index contributed by atoms with van der Waals surface area (Å²) < 4.78 is 7.05. The Morgan fingerprint density at radius 2 is 2.04 bits per heavy atom. The van der Waals surface area contributed by atoms with Crippen LogP contribution in [0.15, 0.2) is 12.4 Å². The number of hydrogen-bond acceptors (Lipinski definition) is 7. The third kappa shape index (κ3) is 3.68. The molecule has 1 saturated heterocycles. The number of fused-ring (bicyclic) bond motifs is 1. The zero-order chi connectivity index (χ0) is 17.8. The van der Waals surface area contributed by atoms with Gasteiger partial charge in [0.25, 0.3) is 5.78 Å². The molecule has 7 nitrogen and oxygen atoms in total. The van der Waals surface area contributed by atoms with Crippen molar-refractivity contribution in [2.75, 3.05) is 43.6 Å². The summed E-state index contributed by atoms with van der Waals surface area (Å²) in [5.41, 5.74) is 1.14. The number of anilines is 1. The second-order valence-electron chi connectivity index (χ2n) is 7.28. The van der Waals surface area contributed by atoms with Crippen molar-refractivity contribution in [3.05, 3.63) is 18.1 Å². The minimum absolute atomic E-state index is 0.261. The number of nitrogens with zero attached hydrogens (tertiary/aromatic N) is 5. The first kappa shape index (κ1) is 18.0. The van der Waals surface area contributed by atoms with Gasteiger partial charge >= 0.3 is 0 Å². The van der Waals surface area contributed by atoms with Crippen LogP contribution in [0.1, 0.15) is 37.8 Å². The number of ether oxygens (including phenoxy) is 1. The van der Waals surface area contributed by atoms with E-state index in [0.29, 0.717) is 12.4 Å². The Hall–Kier alpha value is -1.38. The number of aromatic nitrogens is 4. The van der Waals surface area contributed by atoms with Gasteiger partial charge in [-0.05, 0) is 12.8 Å². The molecule has 1 N–H and O–H groups in total. The molecule has 0 amide bonds. The molecule has 0 atom stereocenters. The van der Waals surface area contributed by atoms with Crippen LogP contribution < -0.4 is 5.32 Å². The molecule has 1 aliphatic carbocycles. The molecule has 4 rings (SSSR count). The van der Waals surface area contributed by atoms with Gasteiger partial charge in [-0.15, -0.1) is 0 Å². The molecule has 0 aromatic carbocycles. The van der Waals surface area contributed by atoms with Crippen LogP contribution in [0, 0.1) is 0 Å². The predicted molar refractivity (Wildman–Crippen MR) is 105 cm³/mol. The van der Waals surface area contributed by atoms with E-state index in [1.807, 2.05) is 6.07 Å². The summed E-state index contributed by atoms with van der Waals surface area (Å²) in [6, 6.07) is 2.04. The van der Waals surface area contributed by atoms with Gasteiger partial charge in [-0.25, -0.2) is 4.98 Å². The van der Waals surface area contributed by atoms with E-state index in [2.05, 4.69) is 37.0 Å². The topological polar surface area (TPSA) is 67.6 Å². The van der Waals surface area contributed by atoms with E-state index in [0.717, 1.165) is 18.1 Å². The first-order valence-corrected chi connectivity index (χ1v) is 10.7. The number of methoxy groups -OCH3 is 1. The van der Waals surface area contributed by atoms with Gasteiger partial charge in [-0.3, -0.25) is 4.90 Å². The summed E-state index contributed by atoms with van der Waals surface area (Å²) in [6.07, 6.45) is 8.14. The van der Waals surface area contributed by atoms with Crippen molar-refractivity contribution < 1.29 is 4.74 Å². The molecule has 2 fully saturated rings. The van der Waals surface area contributed by atoms with E-state index in [1.54, 1.807) is 18.0 Å². The van der Waals surface area contributed by atoms with Crippen LogP contribution in [-0.4, -0.2) is 68.3 Å². The first-order valence-electron chi connectivity index (χ1n) is 9.56. The SMILES string of the molecule is COCc1cc(NCC2(N3CCSCC3)CCCCC2)n2ncnc2n1. The Kier molecular flexibility index (Phi) is 5.61. The minimum atomic E-state index is 0.261. The molecule has 2 aliphatic rings. The van der Waals surface area contributed by atoms with Gasteiger partial charge in [0.2, 0.25) is 0 Å². The van der Waals surface area contributed by atoms with Crippen LogP contribution in [0.5, 0.6) is 0 Å². The zero-order valence-corrected chi connectivity index (χ0v) is 16.3. The van der Waals surface area contributed by atoms with E-state index in [9.17, 15) is 0 Å². The van der Waals surface area contributed by atoms with Gasteiger partial charge in [0.1, 0.15) is 12.1 Å². The molecule has 1 saturated carbocycles. The van der Waals surface area contributed by atoms with Crippen molar-refractivity contribution >= 4 is 23.4 Å². The summed E-state index contributed by atoms with van der Waals surface area (Å²) in [5.74, 6) is 4.08. The molecule has 26 heavy (non-hydrogen) atoms. The average molecular weight is 377 g/mol. The third-order valence-corrected chi connectivity index (χ3v) is 6.60. The predicted octanol–water partition coefficient (Wildman–Crippen LogP) is 2.43. The van der Waals surface area contributed by atoms with Crippen LogP contribution >= 0.6 is 11.8 Å². The van der Waals surface area contributed by atoms with Crippen molar-refractivity contribution in [3.8, 4) is 0 Å². The molecule has 8 heteroatoms. The molecule has 0 radical (unpaired) electrons. The van der Waals surface area contributed by atoms with Crippen molar-refractivity contribution in [1.29, 1.82) is 0 Å². The first-order chi connectivity index (χ1) is 12.8. The van der Waals surface area contributed by atoms with Crippen LogP contribution in [0.25, 0.3) is 5.78 Å². The molecular weight excluding hydrogens is 348 g/mol. The highest BCUT2D eigenvalue weighted by atomic mass is 32.2. The van der Waals surface area contributed by atoms with Crippen molar-refractivity contribution in [1.82, 2.24) is 24.5 Å². The van der Waals surface area contributed by atoms with E-state index >= 15 is 0 Å². The fraction of sp³-hybridized carbons (Fsp3) is 0.722. The molecule has 1 aliphatic heterocycles. The van der Waals surface area contributed by atoms with E-state index in [4.69, 9.17) is 4.74 Å². The summed E-state index contributed by atoms with van der Waals surface area (Å²) in [6.45, 7) is 3.84. The number of thioether (sulfide) groups is 1. The fourth-order valence-corrected chi connectivity index (χ4v) is 5.22. The lowest BCUT2D eigenvalue weighted by Gasteiger charge is -2.48. The Morgan fingerprint density at radius 3 is 2.81 bits per heavy atom. The fourth-order valence-electron chi connectivity index (χ4n) is 4.32. The maximum Gasteiger partial charge on any atom is 0.254 e. The van der Waals surface area contributed by atoms with E-state index in [-0.39, 0.29) is 5.54 Å². The van der Waals surface area contributed by atoms with Crippen LogP contribution in [0.3, 0.4) is 0 Å². The lowest BCUT2D eigenvalue weighted by atomic mass is 9.80. The zero-order valence-electron chi connectivity index (χ0n) is 15.5. The lowest BCUT2D eigenvalue weighted by Crippen LogP contribution is -2.57. The number of hydrogen-bond donors (Lipinski definition) is 1. The molecule has 0 unspecified atom stereocenters. The Bertz CT molecular complexity index is 724. The van der Waals surface area contributed by atoms with Gasteiger partial charge in [0, 0.05) is 49.9 Å². The van der Waals surface area contributed by atoms with Crippen LogP contribution in [0.4, 0.5) is 5.82 Å². The Morgan fingerprint density at radius 1 is 1.23 bits per heavy atom. The van der Waals surface area contributed by atoms with Crippen molar-refractivity contribution in [2.24, 2.45) is 0 Å². The van der Waals surface area contributed by atoms with Gasteiger partial charge in [-0.1, -0.05) is 19.3 Å².